The van der Waals surface area contributed by atoms with Gasteiger partial charge in [0.2, 0.25) is 0 Å². The molecule has 1 unspecified atom stereocenters. The second-order valence-corrected chi connectivity index (χ2v) is 14.6. The predicted octanol–water partition coefficient (Wildman–Crippen LogP) is 8.56. The number of carbonyl (C=O) groups excluding carboxylic acids is 1. The lowest BCUT2D eigenvalue weighted by Gasteiger charge is -2.28. The Morgan fingerprint density at radius 3 is 2.64 bits per heavy atom. The molecule has 0 radical (unpaired) electrons. The lowest BCUT2D eigenvalue weighted by molar-refractivity contribution is -0.0404. The molecular weight excluding hydrogens is 567 g/mol. The zero-order chi connectivity index (χ0) is 29.1. The number of carbonyl (C=O) groups is 1. The maximum absolute atomic E-state index is 12.0. The molecule has 2 aliphatic carbocycles. The van der Waals surface area contributed by atoms with Crippen LogP contribution in [0.1, 0.15) is 101 Å². The largest absolute Gasteiger partial charge is 0.447 e. The Bertz CT molecular complexity index is 1350. The number of nitrogens with one attached hydrogen (secondary N) is 2. The van der Waals surface area contributed by atoms with Gasteiger partial charge >= 0.3 is 6.09 Å². The third-order valence-electron chi connectivity index (χ3n) is 8.48. The highest BCUT2D eigenvalue weighted by Gasteiger charge is 2.27. The van der Waals surface area contributed by atoms with Crippen LogP contribution in [0, 0.1) is 6.92 Å². The highest BCUT2D eigenvalue weighted by Crippen LogP contribution is 2.45. The van der Waals surface area contributed by atoms with Crippen LogP contribution in [0.25, 0.3) is 10.4 Å². The van der Waals surface area contributed by atoms with Gasteiger partial charge in [-0.2, -0.15) is 5.10 Å². The number of aryl methyl sites for hydroxylation is 1. The zero-order valence-corrected chi connectivity index (χ0v) is 26.6. The Balaban J connectivity index is 1.14. The van der Waals surface area contributed by atoms with Crippen LogP contribution in [0.4, 0.5) is 16.3 Å². The Hall–Kier alpha value is -2.56. The summed E-state index contributed by atoms with van der Waals surface area (Å²) in [6, 6.07) is 8.99. The summed E-state index contributed by atoms with van der Waals surface area (Å²) in [5, 5.41) is 13.3. The fourth-order valence-corrected chi connectivity index (χ4v) is 8.59. The normalized spacial score (nSPS) is 23.0. The van der Waals surface area contributed by atoms with Gasteiger partial charge in [0.05, 0.1) is 16.0 Å². The van der Waals surface area contributed by atoms with Crippen LogP contribution in [0.3, 0.4) is 0 Å². The number of ether oxygens (including phenoxy) is 2. The maximum atomic E-state index is 12.0. The zero-order valence-electron chi connectivity index (χ0n) is 24.9. The van der Waals surface area contributed by atoms with Crippen LogP contribution in [-0.4, -0.2) is 44.9 Å². The van der Waals surface area contributed by atoms with Gasteiger partial charge in [0, 0.05) is 57.9 Å². The van der Waals surface area contributed by atoms with E-state index < -0.39 is 0 Å². The molecule has 1 atom stereocenters. The van der Waals surface area contributed by atoms with Crippen molar-refractivity contribution in [2.45, 2.75) is 119 Å². The molecule has 2 saturated carbocycles. The van der Waals surface area contributed by atoms with E-state index in [4.69, 9.17) is 19.6 Å². The second-order valence-electron chi connectivity index (χ2n) is 12.2. The van der Waals surface area contributed by atoms with Crippen LogP contribution in [0.5, 0.6) is 0 Å². The van der Waals surface area contributed by atoms with Crippen LogP contribution < -0.4 is 10.6 Å². The van der Waals surface area contributed by atoms with Crippen molar-refractivity contribution in [1.29, 1.82) is 0 Å². The molecule has 42 heavy (non-hydrogen) atoms. The van der Waals surface area contributed by atoms with Crippen molar-refractivity contribution in [3.8, 4) is 10.4 Å². The van der Waals surface area contributed by atoms with E-state index >= 15 is 0 Å². The first-order valence-corrected chi connectivity index (χ1v) is 17.3. The van der Waals surface area contributed by atoms with Gasteiger partial charge in [0.15, 0.2) is 12.0 Å². The van der Waals surface area contributed by atoms with Crippen molar-refractivity contribution in [3.05, 3.63) is 41.2 Å². The fourth-order valence-electron chi connectivity index (χ4n) is 5.97. The minimum absolute atomic E-state index is 0.0367. The number of alkyl carbamates (subject to hydrolysis) is 1. The van der Waals surface area contributed by atoms with E-state index in [1.54, 1.807) is 0 Å². The number of hydrogen-bond donors (Lipinski definition) is 2. The number of rotatable bonds is 9. The number of amides is 1. The van der Waals surface area contributed by atoms with Crippen molar-refractivity contribution < 1.29 is 14.3 Å². The molecule has 0 bridgehead atoms. The van der Waals surface area contributed by atoms with Crippen LogP contribution >= 0.6 is 23.1 Å². The Labute approximate surface area is 257 Å². The highest BCUT2D eigenvalue weighted by atomic mass is 32.2. The third kappa shape index (κ3) is 7.14. The number of anilines is 2. The number of thioether (sulfide) groups is 1. The summed E-state index contributed by atoms with van der Waals surface area (Å²) in [7, 11) is 0. The fraction of sp³-hybridized carbons (Fsp3) is 0.594. The lowest BCUT2D eigenvalue weighted by Crippen LogP contribution is -2.38. The molecule has 3 heterocycles. The van der Waals surface area contributed by atoms with Crippen molar-refractivity contribution in [1.82, 2.24) is 20.1 Å². The average Bonchev–Trinajstić information content (AvgIpc) is 3.58. The van der Waals surface area contributed by atoms with Crippen molar-refractivity contribution in [2.24, 2.45) is 0 Å². The number of nitrogens with zero attached hydrogens (tertiary/aromatic N) is 3. The highest BCUT2D eigenvalue weighted by molar-refractivity contribution is 8.00. The van der Waals surface area contributed by atoms with Gasteiger partial charge in [-0.3, -0.25) is 0 Å². The number of thiazole rings is 1. The van der Waals surface area contributed by atoms with E-state index in [9.17, 15) is 4.79 Å². The monoisotopic (exact) mass is 609 g/mol. The molecule has 0 spiro atoms. The number of benzene rings is 1. The molecular formula is C32H43N5O3S2. The molecule has 1 aliphatic heterocycles. The van der Waals surface area contributed by atoms with Gasteiger partial charge < -0.3 is 20.1 Å². The third-order valence-corrected chi connectivity index (χ3v) is 11.1. The number of hydrogen-bond acceptors (Lipinski definition) is 8. The summed E-state index contributed by atoms with van der Waals surface area (Å²) in [5.74, 6) is 1.30. The second kappa shape index (κ2) is 13.4. The molecule has 6 rings (SSSR count). The Kier molecular flexibility index (Phi) is 9.41. The molecule has 1 saturated heterocycles. The van der Waals surface area contributed by atoms with Gasteiger partial charge in [0.25, 0.3) is 0 Å². The van der Waals surface area contributed by atoms with Crippen molar-refractivity contribution in [2.75, 3.05) is 11.9 Å². The van der Waals surface area contributed by atoms with E-state index in [0.717, 1.165) is 62.3 Å². The smallest absolute Gasteiger partial charge is 0.407 e. The molecule has 10 heteroatoms. The summed E-state index contributed by atoms with van der Waals surface area (Å²) >= 11 is 3.83. The van der Waals surface area contributed by atoms with E-state index in [0.29, 0.717) is 11.2 Å². The first-order valence-electron chi connectivity index (χ1n) is 15.6. The van der Waals surface area contributed by atoms with Gasteiger partial charge in [-0.15, -0.1) is 23.1 Å². The minimum atomic E-state index is -0.305. The van der Waals surface area contributed by atoms with Gasteiger partial charge in [-0.25, -0.2) is 14.5 Å². The Morgan fingerprint density at radius 2 is 1.93 bits per heavy atom. The van der Waals surface area contributed by atoms with Crippen molar-refractivity contribution in [3.63, 3.8) is 0 Å². The summed E-state index contributed by atoms with van der Waals surface area (Å²) < 4.78 is 13.3. The van der Waals surface area contributed by atoms with Gasteiger partial charge in [-0.1, -0.05) is 12.5 Å². The summed E-state index contributed by atoms with van der Waals surface area (Å²) in [4.78, 5) is 19.5. The molecule has 1 amide bonds. The first-order chi connectivity index (χ1) is 20.4. The van der Waals surface area contributed by atoms with Gasteiger partial charge in [-0.05, 0) is 90.7 Å². The molecule has 8 nitrogen and oxygen atoms in total. The van der Waals surface area contributed by atoms with E-state index in [2.05, 4.69) is 48.0 Å². The lowest BCUT2D eigenvalue weighted by atomic mass is 9.86. The van der Waals surface area contributed by atoms with Crippen LogP contribution in [0.2, 0.25) is 0 Å². The number of aromatic nitrogens is 3. The van der Waals surface area contributed by atoms with Crippen LogP contribution in [0.15, 0.2) is 35.4 Å². The Morgan fingerprint density at radius 1 is 1.10 bits per heavy atom. The van der Waals surface area contributed by atoms with Gasteiger partial charge in [0.1, 0.15) is 0 Å². The van der Waals surface area contributed by atoms with Crippen molar-refractivity contribution >= 4 is 40.7 Å². The molecule has 226 valence electrons. The quantitative estimate of drug-likeness (QED) is 0.251. The molecule has 3 fully saturated rings. The molecule has 1 aromatic carbocycles. The standard InChI is InChI=1S/C32H43N5O3S2/c1-20(2)40-32(38)35-23-12-10-22(11-13-23)31-33-19-28(42-31)26-15-14-24(18-27(26)41-25-7-6-8-25)34-29-17-21(3)37(36-29)30-9-4-5-16-39-30/h14-15,17-20,22-23,25,30H,4-13,16H2,1-3H3,(H,34,36)(H,35,38). The summed E-state index contributed by atoms with van der Waals surface area (Å²) in [5.41, 5.74) is 3.44. The molecule has 3 aromatic rings. The molecule has 3 aliphatic rings. The summed E-state index contributed by atoms with van der Waals surface area (Å²) in [6.07, 6.45) is 12.9. The molecule has 2 N–H and O–H groups in total. The predicted molar refractivity (Wildman–Crippen MR) is 170 cm³/mol. The molecule has 2 aromatic heterocycles. The van der Waals surface area contributed by atoms with E-state index in [1.165, 1.54) is 46.0 Å². The SMILES string of the molecule is Cc1cc(Nc2ccc(-c3cnc(C4CCC(NC(=O)OC(C)C)CC4)s3)c(SC3CCC3)c2)nn1C1CCCCO1. The maximum Gasteiger partial charge on any atom is 0.407 e. The van der Waals surface area contributed by atoms with E-state index in [-0.39, 0.29) is 24.5 Å². The minimum Gasteiger partial charge on any atom is -0.447 e. The summed E-state index contributed by atoms with van der Waals surface area (Å²) in [6.45, 7) is 6.66. The first kappa shape index (κ1) is 29.5. The topological polar surface area (TPSA) is 90.3 Å². The van der Waals surface area contributed by atoms with E-state index in [1.807, 2.05) is 41.6 Å². The van der Waals surface area contributed by atoms with Crippen LogP contribution in [-0.2, 0) is 9.47 Å². The average molecular weight is 610 g/mol.